The molecule has 0 spiro atoms. The number of nitrogens with two attached hydrogens (primary N) is 2. The van der Waals surface area contributed by atoms with E-state index in [1.807, 2.05) is 0 Å². The number of unbranched alkanes of at least 4 members (excludes halogenated alkanes) is 19. The summed E-state index contributed by atoms with van der Waals surface area (Å²) in [4.78, 5) is 0. The second-order valence-electron chi connectivity index (χ2n) is 21.1. The lowest BCUT2D eigenvalue weighted by atomic mass is 9.73. The summed E-state index contributed by atoms with van der Waals surface area (Å²) < 4.78 is 0. The molecule has 5 rings (SSSR count). The highest BCUT2D eigenvalue weighted by Crippen LogP contribution is 2.41. The predicted molar refractivity (Wildman–Crippen MR) is 292 cm³/mol. The van der Waals surface area contributed by atoms with Gasteiger partial charge in [0.25, 0.3) is 0 Å². The molecule has 2 heteroatoms. The summed E-state index contributed by atoms with van der Waals surface area (Å²) in [6.07, 6.45) is 43.6. The summed E-state index contributed by atoms with van der Waals surface area (Å²) in [5.74, 6) is 2.96. The minimum absolute atomic E-state index is 0.397. The van der Waals surface area contributed by atoms with E-state index in [4.69, 9.17) is 11.5 Å². The van der Waals surface area contributed by atoms with E-state index in [0.717, 1.165) is 23.2 Å². The fourth-order valence-electron chi connectivity index (χ4n) is 11.7. The average molecular weight is 896 g/mol. The maximum atomic E-state index is 6.22. The molecule has 364 valence electrons. The van der Waals surface area contributed by atoms with Crippen LogP contribution in [0, 0.1) is 11.8 Å². The highest BCUT2D eigenvalue weighted by atomic mass is 14.5. The Morgan fingerprint density at radius 1 is 0.318 bits per heavy atom. The summed E-state index contributed by atoms with van der Waals surface area (Å²) in [6.45, 7) is 6.96. The van der Waals surface area contributed by atoms with Crippen LogP contribution < -0.4 is 11.5 Å². The second-order valence-corrected chi connectivity index (χ2v) is 21.1. The zero-order chi connectivity index (χ0) is 46.4. The standard InChI is InChI=1S/C64H98N2/c1-4-7-10-13-16-18-21-27-32-62(58-42-47-60(65)48-43-58)54-34-38-56(39-35-54)64(51-46-53(52-29-25-23-26-30-52)31-24-20-15-12-9-6-3)57-40-36-55(37-41-57)63(59-44-49-61(66)50-45-59)33-28-22-19-17-14-11-8-5-2/h34-45,47-50,52-53,62-64H,4-33,46,51,65-66H2,1-3H3. The minimum atomic E-state index is 0.397. The lowest BCUT2D eigenvalue weighted by molar-refractivity contribution is 0.214. The molecule has 0 heterocycles. The first-order chi connectivity index (χ1) is 32.5. The largest absolute Gasteiger partial charge is 0.399 e. The fraction of sp³-hybridized carbons (Fsp3) is 0.625. The van der Waals surface area contributed by atoms with Gasteiger partial charge in [-0.2, -0.15) is 0 Å². The molecular formula is C64H98N2. The van der Waals surface area contributed by atoms with Crippen molar-refractivity contribution in [3.05, 3.63) is 130 Å². The second kappa shape index (κ2) is 32.3. The van der Waals surface area contributed by atoms with Crippen molar-refractivity contribution < 1.29 is 0 Å². The van der Waals surface area contributed by atoms with Crippen LogP contribution in [0.25, 0.3) is 0 Å². The van der Waals surface area contributed by atoms with Crippen molar-refractivity contribution in [1.82, 2.24) is 0 Å². The molecule has 1 aliphatic carbocycles. The van der Waals surface area contributed by atoms with Crippen LogP contribution in [0.1, 0.15) is 277 Å². The third-order valence-corrected chi connectivity index (χ3v) is 15.9. The molecule has 4 N–H and O–H groups in total. The van der Waals surface area contributed by atoms with Crippen LogP contribution >= 0.6 is 0 Å². The third-order valence-electron chi connectivity index (χ3n) is 15.9. The van der Waals surface area contributed by atoms with Crippen molar-refractivity contribution in [2.24, 2.45) is 11.8 Å². The van der Waals surface area contributed by atoms with Crippen molar-refractivity contribution in [3.8, 4) is 0 Å². The van der Waals surface area contributed by atoms with Crippen LogP contribution in [-0.2, 0) is 0 Å². The summed E-state index contributed by atoms with van der Waals surface area (Å²) in [5.41, 5.74) is 22.8. The average Bonchev–Trinajstić information content (AvgIpc) is 3.35. The van der Waals surface area contributed by atoms with E-state index >= 15 is 0 Å². The molecule has 3 atom stereocenters. The number of hydrogen-bond acceptors (Lipinski definition) is 2. The molecule has 1 aliphatic rings. The predicted octanol–water partition coefficient (Wildman–Crippen LogP) is 20.0. The molecule has 1 fully saturated rings. The van der Waals surface area contributed by atoms with Crippen molar-refractivity contribution in [2.45, 2.75) is 244 Å². The Hall–Kier alpha value is -3.52. The molecular weight excluding hydrogens is 797 g/mol. The van der Waals surface area contributed by atoms with Crippen molar-refractivity contribution in [2.75, 3.05) is 11.5 Å². The molecule has 0 bridgehead atoms. The van der Waals surface area contributed by atoms with Crippen LogP contribution in [0.2, 0.25) is 0 Å². The molecule has 66 heavy (non-hydrogen) atoms. The quantitative estimate of drug-likeness (QED) is 0.0357. The lowest BCUT2D eigenvalue weighted by Crippen LogP contribution is -2.19. The first-order valence-corrected chi connectivity index (χ1v) is 28.4. The molecule has 0 aromatic heterocycles. The number of anilines is 2. The van der Waals surface area contributed by atoms with Crippen LogP contribution in [-0.4, -0.2) is 0 Å². The first-order valence-electron chi connectivity index (χ1n) is 28.4. The van der Waals surface area contributed by atoms with E-state index in [-0.39, 0.29) is 0 Å². The van der Waals surface area contributed by atoms with Gasteiger partial charge in [-0.3, -0.25) is 0 Å². The zero-order valence-electron chi connectivity index (χ0n) is 42.9. The highest BCUT2D eigenvalue weighted by molar-refractivity contribution is 5.46. The van der Waals surface area contributed by atoms with Gasteiger partial charge in [-0.25, -0.2) is 0 Å². The maximum Gasteiger partial charge on any atom is 0.0314 e. The van der Waals surface area contributed by atoms with Gasteiger partial charge in [0.2, 0.25) is 0 Å². The minimum Gasteiger partial charge on any atom is -0.399 e. The molecule has 4 aromatic carbocycles. The van der Waals surface area contributed by atoms with Crippen molar-refractivity contribution in [3.63, 3.8) is 0 Å². The smallest absolute Gasteiger partial charge is 0.0314 e. The van der Waals surface area contributed by atoms with Gasteiger partial charge in [0, 0.05) is 29.1 Å². The number of hydrogen-bond donors (Lipinski definition) is 2. The Morgan fingerprint density at radius 2 is 0.591 bits per heavy atom. The van der Waals surface area contributed by atoms with Crippen LogP contribution in [0.4, 0.5) is 11.4 Å². The van der Waals surface area contributed by atoms with E-state index in [0.29, 0.717) is 17.8 Å². The topological polar surface area (TPSA) is 52.0 Å². The highest BCUT2D eigenvalue weighted by Gasteiger charge is 2.26. The number of rotatable bonds is 35. The Balaban J connectivity index is 1.38. The summed E-state index contributed by atoms with van der Waals surface area (Å²) in [7, 11) is 0. The molecule has 3 unspecified atom stereocenters. The van der Waals surface area contributed by atoms with Gasteiger partial charge in [0.05, 0.1) is 0 Å². The molecule has 0 saturated heterocycles. The van der Waals surface area contributed by atoms with E-state index in [1.54, 1.807) is 0 Å². The summed E-state index contributed by atoms with van der Waals surface area (Å²) in [5, 5.41) is 0. The Labute approximate surface area is 407 Å². The number of benzene rings is 4. The van der Waals surface area contributed by atoms with Gasteiger partial charge < -0.3 is 11.5 Å². The van der Waals surface area contributed by atoms with E-state index in [9.17, 15) is 0 Å². The van der Waals surface area contributed by atoms with Gasteiger partial charge in [0.1, 0.15) is 0 Å². The summed E-state index contributed by atoms with van der Waals surface area (Å²) in [6, 6.07) is 37.6. The van der Waals surface area contributed by atoms with Crippen LogP contribution in [0.15, 0.2) is 97.1 Å². The van der Waals surface area contributed by atoms with E-state index < -0.39 is 0 Å². The molecule has 2 nitrogen and oxygen atoms in total. The van der Waals surface area contributed by atoms with Gasteiger partial charge in [-0.1, -0.05) is 273 Å². The molecule has 0 aliphatic heterocycles. The normalized spacial score (nSPS) is 15.1. The van der Waals surface area contributed by atoms with Crippen LogP contribution in [0.5, 0.6) is 0 Å². The number of nitrogen functional groups attached to an aromatic ring is 2. The molecule has 0 radical (unpaired) electrons. The van der Waals surface area contributed by atoms with E-state index in [2.05, 4.69) is 118 Å². The molecule has 4 aromatic rings. The first kappa shape index (κ1) is 53.4. The monoisotopic (exact) mass is 895 g/mol. The van der Waals surface area contributed by atoms with Gasteiger partial charge in [-0.15, -0.1) is 0 Å². The Bertz CT molecular complexity index is 1650. The maximum absolute atomic E-state index is 6.22. The third kappa shape index (κ3) is 19.2. The summed E-state index contributed by atoms with van der Waals surface area (Å²) >= 11 is 0. The van der Waals surface area contributed by atoms with Crippen LogP contribution in [0.3, 0.4) is 0 Å². The van der Waals surface area contributed by atoms with Crippen molar-refractivity contribution >= 4 is 11.4 Å². The van der Waals surface area contributed by atoms with Gasteiger partial charge in [0.15, 0.2) is 0 Å². The SMILES string of the molecule is CCCCCCCCCCC(c1ccc(N)cc1)c1ccc(C(CCC(CCCCCCCC)C2CCCCC2)c2ccc(C(CCCCCCCCCC)c3ccc(N)cc3)cc2)cc1. The van der Waals surface area contributed by atoms with E-state index in [1.165, 1.54) is 239 Å². The lowest BCUT2D eigenvalue weighted by Gasteiger charge is -2.32. The zero-order valence-corrected chi connectivity index (χ0v) is 42.9. The molecule has 1 saturated carbocycles. The molecule has 0 amide bonds. The van der Waals surface area contributed by atoms with Crippen molar-refractivity contribution in [1.29, 1.82) is 0 Å². The Morgan fingerprint density at radius 3 is 0.924 bits per heavy atom. The van der Waals surface area contributed by atoms with Gasteiger partial charge >= 0.3 is 0 Å². The fourth-order valence-corrected chi connectivity index (χ4v) is 11.7. The van der Waals surface area contributed by atoms with Gasteiger partial charge in [-0.05, 0) is 95.2 Å². The Kier molecular flexibility index (Phi) is 26.1.